The van der Waals surface area contributed by atoms with Gasteiger partial charge in [0.25, 0.3) is 0 Å². The summed E-state index contributed by atoms with van der Waals surface area (Å²) in [5, 5.41) is 8.20. The molecule has 0 aliphatic heterocycles. The molecule has 0 heterocycles. The smallest absolute Gasteiger partial charge is 0.304 e. The fraction of sp³-hybridized carbons (Fsp3) is 0.857. The largest absolute Gasteiger partial charge is 0.402 e. The van der Waals surface area contributed by atoms with Crippen molar-refractivity contribution in [2.75, 3.05) is 20.1 Å². The lowest BCUT2D eigenvalue weighted by Gasteiger charge is -2.20. The Balaban J connectivity index is 3.79. The van der Waals surface area contributed by atoms with E-state index in [9.17, 15) is 13.2 Å². The zero-order valence-electron chi connectivity index (χ0n) is 7.10. The van der Waals surface area contributed by atoms with E-state index in [1.807, 2.05) is 6.07 Å². The third-order valence-electron chi connectivity index (χ3n) is 1.43. The van der Waals surface area contributed by atoms with E-state index < -0.39 is 11.0 Å². The van der Waals surface area contributed by atoms with Gasteiger partial charge in [0, 0.05) is 19.5 Å². The molecular weight excluding hydrogens is 249 g/mol. The Morgan fingerprint density at radius 3 is 2.46 bits per heavy atom. The van der Waals surface area contributed by atoms with Crippen molar-refractivity contribution in [1.29, 1.82) is 5.26 Å². The van der Waals surface area contributed by atoms with E-state index in [0.29, 0.717) is 6.54 Å². The normalized spacial score (nSPS) is 14.2. The van der Waals surface area contributed by atoms with Crippen LogP contribution in [-0.2, 0) is 0 Å². The van der Waals surface area contributed by atoms with Crippen LogP contribution in [0.5, 0.6) is 0 Å². The molecule has 0 saturated carbocycles. The summed E-state index contributed by atoms with van der Waals surface area (Å²) in [5.74, 6) is 0. The van der Waals surface area contributed by atoms with Gasteiger partial charge in [-0.1, -0.05) is 15.9 Å². The fourth-order valence-corrected chi connectivity index (χ4v) is 1.20. The molecule has 0 aromatic carbocycles. The lowest BCUT2D eigenvalue weighted by molar-refractivity contribution is -0.129. The monoisotopic (exact) mass is 258 g/mol. The highest BCUT2D eigenvalue weighted by Crippen LogP contribution is 2.26. The number of rotatable bonds is 4. The van der Waals surface area contributed by atoms with E-state index in [1.165, 1.54) is 4.90 Å². The van der Waals surface area contributed by atoms with Crippen LogP contribution in [0.25, 0.3) is 0 Å². The number of nitrogens with zero attached hydrogens (tertiary/aromatic N) is 2. The van der Waals surface area contributed by atoms with Crippen LogP contribution in [0.2, 0.25) is 0 Å². The first kappa shape index (κ1) is 12.7. The van der Waals surface area contributed by atoms with E-state index in [4.69, 9.17) is 5.26 Å². The molecule has 13 heavy (non-hydrogen) atoms. The van der Waals surface area contributed by atoms with Crippen molar-refractivity contribution in [2.24, 2.45) is 0 Å². The van der Waals surface area contributed by atoms with Gasteiger partial charge in [0.1, 0.15) is 4.83 Å². The van der Waals surface area contributed by atoms with Crippen molar-refractivity contribution >= 4 is 15.9 Å². The second-order valence-electron chi connectivity index (χ2n) is 2.68. The molecule has 6 heteroatoms. The van der Waals surface area contributed by atoms with Crippen LogP contribution in [0.3, 0.4) is 0 Å². The molecule has 0 saturated heterocycles. The summed E-state index contributed by atoms with van der Waals surface area (Å²) in [6.07, 6.45) is -3.98. The molecule has 2 nitrogen and oxygen atoms in total. The number of alkyl halides is 4. The topological polar surface area (TPSA) is 27.0 Å². The summed E-state index contributed by atoms with van der Waals surface area (Å²) in [4.78, 5) is -0.0560. The molecule has 0 amide bonds. The summed E-state index contributed by atoms with van der Waals surface area (Å²) in [6, 6.07) is 1.87. The van der Waals surface area contributed by atoms with E-state index in [2.05, 4.69) is 15.9 Å². The van der Waals surface area contributed by atoms with Crippen molar-refractivity contribution in [2.45, 2.75) is 17.4 Å². The van der Waals surface area contributed by atoms with Crippen LogP contribution in [0.4, 0.5) is 13.2 Å². The standard InChI is InChI=1S/C7H10BrF3N2/c1-13(4-2-3-12)5-6(8)7(9,10)11/h6H,2,4-5H2,1H3. The molecule has 0 aliphatic carbocycles. The van der Waals surface area contributed by atoms with Crippen molar-refractivity contribution in [3.8, 4) is 6.07 Å². The van der Waals surface area contributed by atoms with Gasteiger partial charge in [-0.15, -0.1) is 0 Å². The second-order valence-corrected chi connectivity index (χ2v) is 3.78. The molecule has 0 fully saturated rings. The average Bonchev–Trinajstić information content (AvgIpc) is 1.99. The Kier molecular flexibility index (Phi) is 5.33. The summed E-state index contributed by atoms with van der Waals surface area (Å²) in [7, 11) is 1.55. The summed E-state index contributed by atoms with van der Waals surface area (Å²) in [6.45, 7) is 0.222. The van der Waals surface area contributed by atoms with Crippen LogP contribution in [0.15, 0.2) is 0 Å². The van der Waals surface area contributed by atoms with Crippen LogP contribution in [-0.4, -0.2) is 36.0 Å². The van der Waals surface area contributed by atoms with Gasteiger partial charge in [0.05, 0.1) is 6.07 Å². The van der Waals surface area contributed by atoms with Crippen molar-refractivity contribution in [3.63, 3.8) is 0 Å². The molecule has 0 aromatic heterocycles. The highest BCUT2D eigenvalue weighted by molar-refractivity contribution is 9.09. The second kappa shape index (κ2) is 5.45. The molecule has 0 aromatic rings. The maximum atomic E-state index is 12.0. The van der Waals surface area contributed by atoms with Gasteiger partial charge in [0.15, 0.2) is 0 Å². The Hall–Kier alpha value is -0.280. The van der Waals surface area contributed by atoms with E-state index in [0.717, 1.165) is 0 Å². The average molecular weight is 259 g/mol. The predicted molar refractivity (Wildman–Crippen MR) is 46.5 cm³/mol. The summed E-state index contributed by atoms with van der Waals surface area (Å²) in [5.41, 5.74) is 0. The Morgan fingerprint density at radius 2 is 2.08 bits per heavy atom. The molecule has 0 N–H and O–H groups in total. The number of halogens is 4. The minimum absolute atomic E-state index is 0.134. The third kappa shape index (κ3) is 5.88. The van der Waals surface area contributed by atoms with Crippen LogP contribution in [0.1, 0.15) is 6.42 Å². The summed E-state index contributed by atoms with van der Waals surface area (Å²) < 4.78 is 36.0. The third-order valence-corrected chi connectivity index (χ3v) is 2.24. The van der Waals surface area contributed by atoms with E-state index in [-0.39, 0.29) is 13.0 Å². The van der Waals surface area contributed by atoms with Crippen molar-refractivity contribution in [1.82, 2.24) is 4.90 Å². The molecule has 0 rings (SSSR count). The van der Waals surface area contributed by atoms with Gasteiger partial charge in [-0.3, -0.25) is 0 Å². The van der Waals surface area contributed by atoms with Gasteiger partial charge in [-0.25, -0.2) is 0 Å². The van der Waals surface area contributed by atoms with Crippen molar-refractivity contribution < 1.29 is 13.2 Å². The fourth-order valence-electron chi connectivity index (χ4n) is 0.709. The Labute approximate surface area is 83.4 Å². The number of hydrogen-bond donors (Lipinski definition) is 0. The Morgan fingerprint density at radius 1 is 1.54 bits per heavy atom. The molecule has 0 bridgehead atoms. The zero-order valence-corrected chi connectivity index (χ0v) is 8.69. The molecule has 1 atom stereocenters. The van der Waals surface area contributed by atoms with Gasteiger partial charge in [-0.2, -0.15) is 18.4 Å². The van der Waals surface area contributed by atoms with Gasteiger partial charge in [-0.05, 0) is 7.05 Å². The van der Waals surface area contributed by atoms with Crippen LogP contribution >= 0.6 is 15.9 Å². The molecule has 0 radical (unpaired) electrons. The SMILES string of the molecule is CN(CCC#N)CC(Br)C(F)(F)F. The highest BCUT2D eigenvalue weighted by Gasteiger charge is 2.37. The molecule has 1 unspecified atom stereocenters. The lowest BCUT2D eigenvalue weighted by Crippen LogP contribution is -2.35. The van der Waals surface area contributed by atoms with Gasteiger partial charge >= 0.3 is 6.18 Å². The Bertz CT molecular complexity index is 187. The van der Waals surface area contributed by atoms with E-state index >= 15 is 0 Å². The van der Waals surface area contributed by atoms with E-state index in [1.54, 1.807) is 7.05 Å². The minimum atomic E-state index is -4.22. The van der Waals surface area contributed by atoms with Gasteiger partial charge in [0.2, 0.25) is 0 Å². The maximum Gasteiger partial charge on any atom is 0.402 e. The molecule has 0 aliphatic rings. The predicted octanol–water partition coefficient (Wildman–Crippen LogP) is 2.16. The first-order chi connectivity index (χ1) is 5.88. The summed E-state index contributed by atoms with van der Waals surface area (Å²) >= 11 is 2.54. The van der Waals surface area contributed by atoms with Gasteiger partial charge < -0.3 is 4.90 Å². The number of hydrogen-bond acceptors (Lipinski definition) is 2. The first-order valence-corrected chi connectivity index (χ1v) is 4.55. The van der Waals surface area contributed by atoms with Crippen molar-refractivity contribution in [3.05, 3.63) is 0 Å². The first-order valence-electron chi connectivity index (χ1n) is 3.64. The highest BCUT2D eigenvalue weighted by atomic mass is 79.9. The number of nitriles is 1. The lowest BCUT2D eigenvalue weighted by atomic mass is 10.3. The molecule has 76 valence electrons. The maximum absolute atomic E-state index is 12.0. The van der Waals surface area contributed by atoms with Crippen LogP contribution in [0, 0.1) is 11.3 Å². The van der Waals surface area contributed by atoms with Crippen LogP contribution < -0.4 is 0 Å². The minimum Gasteiger partial charge on any atom is -0.304 e. The molecular formula is C7H10BrF3N2. The zero-order chi connectivity index (χ0) is 10.5. The quantitative estimate of drug-likeness (QED) is 0.723. The molecule has 0 spiro atoms.